The first-order chi connectivity index (χ1) is 10.3. The summed E-state index contributed by atoms with van der Waals surface area (Å²) in [6.07, 6.45) is 0. The molecule has 0 amide bonds. The first-order valence-electron chi connectivity index (χ1n) is 7.54. The molecular formula is C18H24N2O. The molecule has 0 aliphatic heterocycles. The average Bonchev–Trinajstić information content (AvgIpc) is 2.55. The van der Waals surface area contributed by atoms with Gasteiger partial charge in [-0.2, -0.15) is 0 Å². The number of aliphatic hydroxyl groups is 1. The molecule has 0 aliphatic carbocycles. The fourth-order valence-electron chi connectivity index (χ4n) is 2.35. The van der Waals surface area contributed by atoms with Gasteiger partial charge in [0.2, 0.25) is 0 Å². The number of rotatable bonds is 7. The van der Waals surface area contributed by atoms with Crippen LogP contribution in [-0.4, -0.2) is 18.2 Å². The molecule has 0 unspecified atom stereocenters. The number of nitrogens with zero attached hydrogens (tertiary/aromatic N) is 1. The van der Waals surface area contributed by atoms with Gasteiger partial charge in [-0.1, -0.05) is 24.3 Å². The second-order valence-corrected chi connectivity index (χ2v) is 5.05. The maximum atomic E-state index is 9.03. The Morgan fingerprint density at radius 1 is 0.857 bits per heavy atom. The van der Waals surface area contributed by atoms with Crippen LogP contribution in [0.15, 0.2) is 48.5 Å². The van der Waals surface area contributed by atoms with Gasteiger partial charge in [-0.15, -0.1) is 0 Å². The minimum atomic E-state index is 0.0977. The van der Waals surface area contributed by atoms with Crippen LogP contribution < -0.4 is 10.2 Å². The topological polar surface area (TPSA) is 35.5 Å². The Labute approximate surface area is 127 Å². The monoisotopic (exact) mass is 284 g/mol. The number of benzene rings is 2. The highest BCUT2D eigenvalue weighted by Crippen LogP contribution is 2.18. The smallest absolute Gasteiger partial charge is 0.0681 e. The molecule has 0 heterocycles. The van der Waals surface area contributed by atoms with Crippen molar-refractivity contribution < 1.29 is 5.11 Å². The second-order valence-electron chi connectivity index (χ2n) is 5.05. The van der Waals surface area contributed by atoms with E-state index >= 15 is 0 Å². The molecule has 0 atom stereocenters. The first-order valence-corrected chi connectivity index (χ1v) is 7.54. The van der Waals surface area contributed by atoms with Crippen molar-refractivity contribution in [2.75, 3.05) is 23.3 Å². The molecule has 0 radical (unpaired) electrons. The van der Waals surface area contributed by atoms with Gasteiger partial charge in [0.15, 0.2) is 0 Å². The molecule has 0 aliphatic rings. The molecule has 0 aromatic heterocycles. The summed E-state index contributed by atoms with van der Waals surface area (Å²) in [5.41, 5.74) is 4.54. The summed E-state index contributed by atoms with van der Waals surface area (Å²) in [6, 6.07) is 16.6. The van der Waals surface area contributed by atoms with Gasteiger partial charge in [0, 0.05) is 31.0 Å². The molecule has 0 spiro atoms. The van der Waals surface area contributed by atoms with E-state index in [1.165, 1.54) is 11.3 Å². The zero-order valence-electron chi connectivity index (χ0n) is 12.8. The number of aliphatic hydroxyl groups excluding tert-OH is 1. The maximum absolute atomic E-state index is 9.03. The van der Waals surface area contributed by atoms with Crippen molar-refractivity contribution >= 4 is 11.4 Å². The normalized spacial score (nSPS) is 10.4. The van der Waals surface area contributed by atoms with E-state index in [0.29, 0.717) is 0 Å². The number of hydrogen-bond acceptors (Lipinski definition) is 3. The van der Waals surface area contributed by atoms with Gasteiger partial charge in [-0.05, 0) is 49.2 Å². The molecule has 21 heavy (non-hydrogen) atoms. The largest absolute Gasteiger partial charge is 0.392 e. The van der Waals surface area contributed by atoms with E-state index in [1.54, 1.807) is 0 Å². The summed E-state index contributed by atoms with van der Waals surface area (Å²) in [6.45, 7) is 7.29. The highest BCUT2D eigenvalue weighted by atomic mass is 16.3. The Morgan fingerprint density at radius 3 is 1.95 bits per heavy atom. The van der Waals surface area contributed by atoms with Gasteiger partial charge in [0.1, 0.15) is 0 Å². The van der Waals surface area contributed by atoms with Crippen molar-refractivity contribution in [2.24, 2.45) is 0 Å². The second kappa shape index (κ2) is 7.70. The summed E-state index contributed by atoms with van der Waals surface area (Å²) in [7, 11) is 0. The van der Waals surface area contributed by atoms with Crippen LogP contribution in [0.4, 0.5) is 11.4 Å². The van der Waals surface area contributed by atoms with E-state index in [0.717, 1.165) is 30.9 Å². The van der Waals surface area contributed by atoms with Crippen LogP contribution in [0.3, 0.4) is 0 Å². The van der Waals surface area contributed by atoms with Crippen molar-refractivity contribution in [1.29, 1.82) is 0 Å². The van der Waals surface area contributed by atoms with Crippen LogP contribution in [0.25, 0.3) is 0 Å². The Balaban J connectivity index is 1.93. The summed E-state index contributed by atoms with van der Waals surface area (Å²) < 4.78 is 0. The van der Waals surface area contributed by atoms with Crippen LogP contribution in [-0.2, 0) is 13.2 Å². The van der Waals surface area contributed by atoms with Crippen molar-refractivity contribution in [3.8, 4) is 0 Å². The molecule has 112 valence electrons. The third kappa shape index (κ3) is 4.23. The lowest BCUT2D eigenvalue weighted by atomic mass is 10.1. The maximum Gasteiger partial charge on any atom is 0.0681 e. The molecular weight excluding hydrogens is 260 g/mol. The zero-order valence-corrected chi connectivity index (χ0v) is 12.8. The van der Waals surface area contributed by atoms with Crippen molar-refractivity contribution in [2.45, 2.75) is 27.0 Å². The Kier molecular flexibility index (Phi) is 5.64. The summed E-state index contributed by atoms with van der Waals surface area (Å²) in [5.74, 6) is 0. The van der Waals surface area contributed by atoms with Gasteiger partial charge in [0.05, 0.1) is 6.61 Å². The number of nitrogens with one attached hydrogen (secondary N) is 1. The van der Waals surface area contributed by atoms with Crippen LogP contribution >= 0.6 is 0 Å². The van der Waals surface area contributed by atoms with E-state index in [4.69, 9.17) is 5.11 Å². The predicted molar refractivity (Wildman–Crippen MR) is 89.7 cm³/mol. The van der Waals surface area contributed by atoms with Crippen LogP contribution in [0.1, 0.15) is 25.0 Å². The molecule has 2 aromatic carbocycles. The molecule has 2 aromatic rings. The molecule has 0 bridgehead atoms. The van der Waals surface area contributed by atoms with Crippen molar-refractivity contribution in [1.82, 2.24) is 0 Å². The third-order valence-electron chi connectivity index (χ3n) is 3.70. The molecule has 0 saturated heterocycles. The van der Waals surface area contributed by atoms with E-state index in [2.05, 4.69) is 48.3 Å². The van der Waals surface area contributed by atoms with E-state index in [1.807, 2.05) is 24.3 Å². The van der Waals surface area contributed by atoms with Gasteiger partial charge in [-0.25, -0.2) is 0 Å². The first kappa shape index (κ1) is 15.4. The minimum absolute atomic E-state index is 0.0977. The highest BCUT2D eigenvalue weighted by molar-refractivity contribution is 5.55. The predicted octanol–water partition coefficient (Wildman–Crippen LogP) is 3.64. The van der Waals surface area contributed by atoms with Crippen LogP contribution in [0, 0.1) is 0 Å². The lowest BCUT2D eigenvalue weighted by molar-refractivity contribution is 0.282. The van der Waals surface area contributed by atoms with Gasteiger partial charge in [-0.3, -0.25) is 0 Å². The summed E-state index contributed by atoms with van der Waals surface area (Å²) >= 11 is 0. The van der Waals surface area contributed by atoms with E-state index < -0.39 is 0 Å². The minimum Gasteiger partial charge on any atom is -0.392 e. The van der Waals surface area contributed by atoms with Gasteiger partial charge >= 0.3 is 0 Å². The standard InChI is InChI=1S/C18H24N2O/c1-3-20(4-2)18-11-9-17(10-12-18)19-13-15-5-7-16(14-21)8-6-15/h5-12,19,21H,3-4,13-14H2,1-2H3. The fourth-order valence-corrected chi connectivity index (χ4v) is 2.35. The number of anilines is 2. The summed E-state index contributed by atoms with van der Waals surface area (Å²) in [5, 5.41) is 12.4. The molecule has 2 N–H and O–H groups in total. The van der Waals surface area contributed by atoms with Gasteiger partial charge in [0.25, 0.3) is 0 Å². The lowest BCUT2D eigenvalue weighted by Crippen LogP contribution is -2.21. The Hall–Kier alpha value is -2.00. The molecule has 0 fully saturated rings. The van der Waals surface area contributed by atoms with Crippen LogP contribution in [0.5, 0.6) is 0 Å². The lowest BCUT2D eigenvalue weighted by Gasteiger charge is -2.21. The Bertz CT molecular complexity index is 530. The summed E-state index contributed by atoms with van der Waals surface area (Å²) in [4.78, 5) is 2.33. The van der Waals surface area contributed by atoms with E-state index in [9.17, 15) is 0 Å². The van der Waals surface area contributed by atoms with Crippen molar-refractivity contribution in [3.63, 3.8) is 0 Å². The number of hydrogen-bond donors (Lipinski definition) is 2. The molecule has 2 rings (SSSR count). The average molecular weight is 284 g/mol. The highest BCUT2D eigenvalue weighted by Gasteiger charge is 2.01. The zero-order chi connectivity index (χ0) is 15.1. The fraction of sp³-hybridized carbons (Fsp3) is 0.333. The molecule has 3 nitrogen and oxygen atoms in total. The van der Waals surface area contributed by atoms with Gasteiger partial charge < -0.3 is 15.3 Å². The van der Waals surface area contributed by atoms with E-state index in [-0.39, 0.29) is 6.61 Å². The molecule has 3 heteroatoms. The Morgan fingerprint density at radius 2 is 1.43 bits per heavy atom. The quantitative estimate of drug-likeness (QED) is 0.815. The third-order valence-corrected chi connectivity index (χ3v) is 3.70. The van der Waals surface area contributed by atoms with Crippen LogP contribution in [0.2, 0.25) is 0 Å². The van der Waals surface area contributed by atoms with Crippen molar-refractivity contribution in [3.05, 3.63) is 59.7 Å². The SMILES string of the molecule is CCN(CC)c1ccc(NCc2ccc(CO)cc2)cc1. The molecule has 0 saturated carbocycles.